The van der Waals surface area contributed by atoms with E-state index in [2.05, 4.69) is 113 Å². The molecule has 0 saturated heterocycles. The second-order valence-electron chi connectivity index (χ2n) is 7.67. The van der Waals surface area contributed by atoms with Crippen molar-refractivity contribution in [3.63, 3.8) is 0 Å². The van der Waals surface area contributed by atoms with E-state index < -0.39 is 0 Å². The highest BCUT2D eigenvalue weighted by Crippen LogP contribution is 2.46. The maximum atomic E-state index is 2.30. The van der Waals surface area contributed by atoms with Gasteiger partial charge in [0, 0.05) is 31.7 Å². The fraction of sp³-hybridized carbons (Fsp3) is 0. The number of thioether (sulfide) groups is 1. The molecule has 5 aromatic rings. The first-order valence-electron chi connectivity index (χ1n) is 11.0. The van der Waals surface area contributed by atoms with Crippen molar-refractivity contribution < 1.29 is 0 Å². The molecule has 0 fully saturated rings. The lowest BCUT2D eigenvalue weighted by Crippen LogP contribution is -1.87. The maximum Gasteiger partial charge on any atom is 0.249 e. The second kappa shape index (κ2) is 10.7. The SMILES string of the molecule is C(/C=C/c1cc(-c2cccs2)[s+]c(-c2cccs2)c1)=C1C=C(c2cccs2)SC(c2cccs2)=C1. The number of hydrogen-bond acceptors (Lipinski definition) is 5. The highest BCUT2D eigenvalue weighted by atomic mass is 32.2. The van der Waals surface area contributed by atoms with Gasteiger partial charge in [-0.15, -0.1) is 45.3 Å². The Labute approximate surface area is 229 Å². The molecule has 6 heteroatoms. The standard InChI is InChI=1S/C29H19S6/c1(6-20-16-26(22-8-2-12-30-22)34-27(17-20)23-9-3-13-31-23)7-21-18-28(24-10-4-14-32-24)35-29(19-21)25-11-5-15-33-25/h1-19H/q+1. The normalized spacial score (nSPS) is 13.8. The zero-order valence-electron chi connectivity index (χ0n) is 18.4. The molecule has 0 radical (unpaired) electrons. The Morgan fingerprint density at radius 1 is 0.600 bits per heavy atom. The molecule has 6 heterocycles. The van der Waals surface area contributed by atoms with Crippen molar-refractivity contribution in [1.29, 1.82) is 0 Å². The predicted octanol–water partition coefficient (Wildman–Crippen LogP) is 11.4. The molecule has 6 rings (SSSR count). The molecule has 5 aromatic heterocycles. The number of allylic oxidation sites excluding steroid dienone is 5. The van der Waals surface area contributed by atoms with Gasteiger partial charge in [-0.1, -0.05) is 54.3 Å². The summed E-state index contributed by atoms with van der Waals surface area (Å²) in [7, 11) is 0. The summed E-state index contributed by atoms with van der Waals surface area (Å²) in [4.78, 5) is 10.5. The van der Waals surface area contributed by atoms with Crippen LogP contribution in [0.4, 0.5) is 0 Å². The minimum absolute atomic E-state index is 1.22. The topological polar surface area (TPSA) is 0 Å². The molecular formula is C29H19S6+. The van der Waals surface area contributed by atoms with Crippen LogP contribution in [0, 0.1) is 0 Å². The van der Waals surface area contributed by atoms with Crippen LogP contribution in [0.15, 0.2) is 112 Å². The molecule has 0 bridgehead atoms. The Kier molecular flexibility index (Phi) is 7.09. The van der Waals surface area contributed by atoms with E-state index in [9.17, 15) is 0 Å². The van der Waals surface area contributed by atoms with E-state index in [-0.39, 0.29) is 0 Å². The predicted molar refractivity (Wildman–Crippen MR) is 165 cm³/mol. The Balaban J connectivity index is 1.35. The van der Waals surface area contributed by atoms with Crippen molar-refractivity contribution in [2.24, 2.45) is 0 Å². The fourth-order valence-corrected chi connectivity index (χ4v) is 9.22. The average molecular weight is 560 g/mol. The van der Waals surface area contributed by atoms with Gasteiger partial charge >= 0.3 is 0 Å². The van der Waals surface area contributed by atoms with Gasteiger partial charge in [0.1, 0.15) is 0 Å². The third-order valence-electron chi connectivity index (χ3n) is 5.26. The summed E-state index contributed by atoms with van der Waals surface area (Å²) in [6, 6.07) is 21.9. The van der Waals surface area contributed by atoms with Gasteiger partial charge in [0.25, 0.3) is 0 Å². The first-order valence-corrected chi connectivity index (χ1v) is 16.1. The number of hydrogen-bond donors (Lipinski definition) is 0. The van der Waals surface area contributed by atoms with Gasteiger partial charge in [0.2, 0.25) is 21.1 Å². The lowest BCUT2D eigenvalue weighted by Gasteiger charge is -2.14. The van der Waals surface area contributed by atoms with Crippen molar-refractivity contribution >= 4 is 84.3 Å². The van der Waals surface area contributed by atoms with Crippen molar-refractivity contribution in [2.75, 3.05) is 0 Å². The lowest BCUT2D eigenvalue weighted by molar-refractivity contribution is 1.69. The smallest absolute Gasteiger partial charge is 0.143 e. The van der Waals surface area contributed by atoms with Crippen molar-refractivity contribution in [3.05, 3.63) is 127 Å². The highest BCUT2D eigenvalue weighted by Gasteiger charge is 2.19. The van der Waals surface area contributed by atoms with Gasteiger partial charge in [-0.2, -0.15) is 0 Å². The first-order chi connectivity index (χ1) is 17.3. The molecule has 0 nitrogen and oxygen atoms in total. The third kappa shape index (κ3) is 5.43. The Morgan fingerprint density at radius 2 is 1.09 bits per heavy atom. The Morgan fingerprint density at radius 3 is 1.54 bits per heavy atom. The fourth-order valence-electron chi connectivity index (χ4n) is 3.67. The van der Waals surface area contributed by atoms with Crippen LogP contribution >= 0.6 is 68.4 Å². The quantitative estimate of drug-likeness (QED) is 0.186. The van der Waals surface area contributed by atoms with Crippen molar-refractivity contribution in [1.82, 2.24) is 0 Å². The van der Waals surface area contributed by atoms with E-state index in [1.807, 2.05) is 23.1 Å². The van der Waals surface area contributed by atoms with Crippen LogP contribution in [0.2, 0.25) is 0 Å². The highest BCUT2D eigenvalue weighted by molar-refractivity contribution is 8.17. The van der Waals surface area contributed by atoms with E-state index >= 15 is 0 Å². The van der Waals surface area contributed by atoms with E-state index in [4.69, 9.17) is 0 Å². The minimum atomic E-state index is 1.22. The average Bonchev–Trinajstić information content (AvgIpc) is 3.72. The molecule has 35 heavy (non-hydrogen) atoms. The van der Waals surface area contributed by atoms with Gasteiger partial charge in [-0.3, -0.25) is 0 Å². The zero-order chi connectivity index (χ0) is 23.5. The van der Waals surface area contributed by atoms with E-state index in [0.29, 0.717) is 0 Å². The third-order valence-corrected chi connectivity index (χ3v) is 11.6. The van der Waals surface area contributed by atoms with Crippen LogP contribution in [0.3, 0.4) is 0 Å². The van der Waals surface area contributed by atoms with Crippen LogP contribution in [-0.2, 0) is 0 Å². The zero-order valence-corrected chi connectivity index (χ0v) is 23.3. The monoisotopic (exact) mass is 559 g/mol. The van der Waals surface area contributed by atoms with Crippen LogP contribution < -0.4 is 0 Å². The van der Waals surface area contributed by atoms with E-state index in [0.717, 1.165) is 0 Å². The van der Waals surface area contributed by atoms with Crippen LogP contribution in [0.5, 0.6) is 0 Å². The molecule has 1 aliphatic rings. The van der Waals surface area contributed by atoms with Crippen LogP contribution in [0.1, 0.15) is 15.3 Å². The summed E-state index contributed by atoms with van der Waals surface area (Å²) in [5.41, 5.74) is 2.45. The summed E-state index contributed by atoms with van der Waals surface area (Å²) in [6.45, 7) is 0. The molecule has 0 aliphatic carbocycles. The molecule has 0 saturated carbocycles. The lowest BCUT2D eigenvalue weighted by atomic mass is 10.1. The Hall–Kier alpha value is -2.32. The molecule has 0 spiro atoms. The van der Waals surface area contributed by atoms with E-state index in [1.165, 1.54) is 50.2 Å². The van der Waals surface area contributed by atoms with Crippen molar-refractivity contribution in [2.45, 2.75) is 0 Å². The summed E-state index contributed by atoms with van der Waals surface area (Å²) >= 11 is 10.9. The van der Waals surface area contributed by atoms with Gasteiger partial charge in [-0.25, -0.2) is 0 Å². The largest absolute Gasteiger partial charge is 0.249 e. The molecule has 170 valence electrons. The Bertz CT molecular complexity index is 1420. The molecule has 0 aromatic carbocycles. The molecule has 0 N–H and O–H groups in total. The molecular weight excluding hydrogens is 541 g/mol. The molecule has 0 atom stereocenters. The number of rotatable bonds is 6. The van der Waals surface area contributed by atoms with Crippen molar-refractivity contribution in [3.8, 4) is 19.5 Å². The van der Waals surface area contributed by atoms with Gasteiger partial charge in [-0.05, 0) is 69.1 Å². The summed E-state index contributed by atoms with van der Waals surface area (Å²) in [5, 5.41) is 8.59. The maximum absolute atomic E-state index is 2.30. The molecule has 0 amide bonds. The molecule has 0 unspecified atom stereocenters. The second-order valence-corrected chi connectivity index (χ2v) is 13.6. The first kappa shape index (κ1) is 23.1. The van der Waals surface area contributed by atoms with Crippen LogP contribution in [0.25, 0.3) is 35.4 Å². The van der Waals surface area contributed by atoms with Gasteiger partial charge in [0.15, 0.2) is 0 Å². The number of thiophene rings is 4. The summed E-state index contributed by atoms with van der Waals surface area (Å²) < 4.78 is 0. The van der Waals surface area contributed by atoms with Crippen LogP contribution in [-0.4, -0.2) is 0 Å². The van der Waals surface area contributed by atoms with Gasteiger partial charge < -0.3 is 0 Å². The molecule has 1 aliphatic heterocycles. The van der Waals surface area contributed by atoms with Gasteiger partial charge in [0.05, 0.1) is 9.75 Å². The minimum Gasteiger partial charge on any atom is -0.143 e. The summed E-state index contributed by atoms with van der Waals surface area (Å²) in [5.74, 6) is 0. The summed E-state index contributed by atoms with van der Waals surface area (Å²) in [6.07, 6.45) is 11.3. The van der Waals surface area contributed by atoms with E-state index in [1.54, 1.807) is 45.3 Å².